The van der Waals surface area contributed by atoms with Crippen LogP contribution < -0.4 is 20.9 Å². The van der Waals surface area contributed by atoms with Crippen molar-refractivity contribution in [2.24, 2.45) is 0 Å². The first-order valence-electron chi connectivity index (χ1n) is 16.6. The fourth-order valence-electron chi connectivity index (χ4n) is 6.39. The fourth-order valence-corrected chi connectivity index (χ4v) is 6.39. The van der Waals surface area contributed by atoms with Gasteiger partial charge in [-0.1, -0.05) is 24.5 Å². The minimum absolute atomic E-state index is 0.0329. The van der Waals surface area contributed by atoms with Crippen molar-refractivity contribution in [3.8, 4) is 0 Å². The molecule has 3 fully saturated rings. The van der Waals surface area contributed by atoms with Crippen molar-refractivity contribution < 1.29 is 4.74 Å². The summed E-state index contributed by atoms with van der Waals surface area (Å²) in [5, 5.41) is 19.4. The Morgan fingerprint density at radius 1 is 0.930 bits per heavy atom. The van der Waals surface area contributed by atoms with E-state index >= 15 is 0 Å². The van der Waals surface area contributed by atoms with Crippen LogP contribution >= 0.6 is 0 Å². The van der Waals surface area contributed by atoms with Crippen LogP contribution in [-0.2, 0) is 17.8 Å². The maximum Gasteiger partial charge on any atom is 0.227 e. The lowest BCUT2D eigenvalue weighted by atomic mass is 9.95. The Morgan fingerprint density at radius 3 is 2.60 bits per heavy atom. The van der Waals surface area contributed by atoms with Gasteiger partial charge in [0.25, 0.3) is 0 Å². The second-order valence-electron chi connectivity index (χ2n) is 12.4. The number of aromatic nitrogens is 7. The van der Waals surface area contributed by atoms with Crippen LogP contribution in [0.3, 0.4) is 0 Å². The number of aryl methyl sites for hydroxylation is 1. The number of likely N-dealkylation sites (N-methyl/N-ethyl adjacent to an activating group) is 1. The third-order valence-electron chi connectivity index (χ3n) is 8.99. The predicted octanol–water partition coefficient (Wildman–Crippen LogP) is 2.77. The van der Waals surface area contributed by atoms with Gasteiger partial charge in [0.05, 0.1) is 19.1 Å². The zero-order valence-electron chi connectivity index (χ0n) is 25.9. The van der Waals surface area contributed by atoms with Gasteiger partial charge < -0.3 is 30.5 Å². The van der Waals surface area contributed by atoms with E-state index in [0.717, 1.165) is 113 Å². The monoisotopic (exact) mass is 594 g/mol. The van der Waals surface area contributed by atoms with Crippen molar-refractivity contribution in [2.75, 3.05) is 69.7 Å². The third kappa shape index (κ3) is 8.20. The lowest BCUT2D eigenvalue weighted by Crippen LogP contribution is -2.45. The molecule has 2 saturated heterocycles. The molecule has 1 atom stereocenters. The minimum atomic E-state index is -0.0329. The number of ether oxygens (including phenoxy) is 1. The third-order valence-corrected chi connectivity index (χ3v) is 8.99. The number of rotatable bonds is 14. The second kappa shape index (κ2) is 15.2. The zero-order chi connectivity index (χ0) is 29.3. The molecule has 13 nitrogen and oxygen atoms in total. The maximum atomic E-state index is 6.08. The number of anilines is 2. The van der Waals surface area contributed by atoms with E-state index in [1.807, 2.05) is 17.2 Å². The molecule has 0 aromatic carbocycles. The second-order valence-corrected chi connectivity index (χ2v) is 12.4. The molecule has 3 N–H and O–H groups in total. The number of piperazine rings is 1. The van der Waals surface area contributed by atoms with Gasteiger partial charge in [0.15, 0.2) is 17.0 Å². The summed E-state index contributed by atoms with van der Waals surface area (Å²) in [6.07, 6.45) is 16.2. The smallest absolute Gasteiger partial charge is 0.227 e. The molecule has 2 aliphatic heterocycles. The summed E-state index contributed by atoms with van der Waals surface area (Å²) in [5.74, 6) is 1.46. The van der Waals surface area contributed by atoms with E-state index in [1.54, 1.807) is 0 Å². The van der Waals surface area contributed by atoms with Crippen LogP contribution in [0.15, 0.2) is 12.5 Å². The number of nitrogens with one attached hydrogen (secondary N) is 3. The van der Waals surface area contributed by atoms with Crippen molar-refractivity contribution in [3.05, 3.63) is 18.2 Å². The molecule has 3 aromatic rings. The number of imidazole rings is 1. The van der Waals surface area contributed by atoms with Crippen molar-refractivity contribution in [1.82, 2.24) is 50.0 Å². The molecule has 3 aliphatic rings. The fraction of sp³-hybridized carbons (Fsp3) is 0.767. The minimum Gasteiger partial charge on any atom is -0.358 e. The average molecular weight is 595 g/mol. The Hall–Kier alpha value is -2.87. The standard InChI is InChI=1S/C30H50N12O/c1-39-16-18-40(19-17-39)28-27-29(42(23-34-27)26-11-5-6-20-43-26)36-30(35-28)33-21-25-22-41(38-37-25)15-8-13-31-12-7-14-32-24-9-3-2-4-10-24/h22-24,26,31-32H,2-21H2,1H3,(H,33,35,36). The molecule has 5 heterocycles. The van der Waals surface area contributed by atoms with Gasteiger partial charge >= 0.3 is 0 Å². The van der Waals surface area contributed by atoms with Gasteiger partial charge in [0.2, 0.25) is 5.95 Å². The van der Waals surface area contributed by atoms with Gasteiger partial charge in [-0.2, -0.15) is 9.97 Å². The molecular formula is C30H50N12O. The van der Waals surface area contributed by atoms with Crippen molar-refractivity contribution >= 4 is 22.9 Å². The summed E-state index contributed by atoms with van der Waals surface area (Å²) in [7, 11) is 2.16. The SMILES string of the molecule is CN1CCN(c2nc(NCc3cn(CCCNCCCNC4CCCCC4)nn3)nc3c2ncn3C2CCCCO2)CC1. The molecular weight excluding hydrogens is 544 g/mol. The van der Waals surface area contributed by atoms with E-state index < -0.39 is 0 Å². The Bertz CT molecular complexity index is 1260. The largest absolute Gasteiger partial charge is 0.358 e. The highest BCUT2D eigenvalue weighted by molar-refractivity contribution is 5.85. The lowest BCUT2D eigenvalue weighted by molar-refractivity contribution is -0.0298. The molecule has 1 saturated carbocycles. The first-order valence-corrected chi connectivity index (χ1v) is 16.6. The molecule has 0 radical (unpaired) electrons. The van der Waals surface area contributed by atoms with Crippen LogP contribution in [0, 0.1) is 0 Å². The number of hydrogen-bond donors (Lipinski definition) is 3. The number of nitrogens with zero attached hydrogens (tertiary/aromatic N) is 9. The van der Waals surface area contributed by atoms with Crippen LogP contribution in [0.5, 0.6) is 0 Å². The molecule has 0 amide bonds. The van der Waals surface area contributed by atoms with Crippen LogP contribution in [0.25, 0.3) is 11.2 Å². The molecule has 43 heavy (non-hydrogen) atoms. The van der Waals surface area contributed by atoms with Crippen LogP contribution in [-0.4, -0.2) is 105 Å². The maximum absolute atomic E-state index is 6.08. The van der Waals surface area contributed by atoms with Gasteiger partial charge in [-0.3, -0.25) is 9.25 Å². The highest BCUT2D eigenvalue weighted by Crippen LogP contribution is 2.30. The summed E-state index contributed by atoms with van der Waals surface area (Å²) in [4.78, 5) is 19.3. The van der Waals surface area contributed by atoms with Gasteiger partial charge in [-0.15, -0.1) is 5.10 Å². The quantitative estimate of drug-likeness (QED) is 0.239. The topological polar surface area (TPSA) is 126 Å². The van der Waals surface area contributed by atoms with Crippen LogP contribution in [0.1, 0.15) is 76.1 Å². The average Bonchev–Trinajstić information content (AvgIpc) is 3.69. The molecule has 3 aromatic heterocycles. The summed E-state index contributed by atoms with van der Waals surface area (Å²) in [6, 6.07) is 0.748. The highest BCUT2D eigenvalue weighted by atomic mass is 16.5. The van der Waals surface area contributed by atoms with Crippen molar-refractivity contribution in [1.29, 1.82) is 0 Å². The van der Waals surface area contributed by atoms with E-state index in [0.29, 0.717) is 12.5 Å². The first kappa shape index (κ1) is 30.2. The number of fused-ring (bicyclic) bond motifs is 1. The molecule has 1 unspecified atom stereocenters. The van der Waals surface area contributed by atoms with E-state index in [2.05, 4.69) is 47.7 Å². The van der Waals surface area contributed by atoms with Crippen molar-refractivity contribution in [3.63, 3.8) is 0 Å². The number of hydrogen-bond acceptors (Lipinski definition) is 11. The molecule has 13 heteroatoms. The van der Waals surface area contributed by atoms with Gasteiger partial charge in [-0.05, 0) is 71.6 Å². The van der Waals surface area contributed by atoms with E-state index in [9.17, 15) is 0 Å². The normalized spacial score (nSPS) is 20.7. The Labute approximate surface area is 255 Å². The van der Waals surface area contributed by atoms with Crippen LogP contribution in [0.4, 0.5) is 11.8 Å². The van der Waals surface area contributed by atoms with Crippen molar-refractivity contribution in [2.45, 2.75) is 89.6 Å². The molecule has 0 spiro atoms. The zero-order valence-corrected chi connectivity index (χ0v) is 25.9. The summed E-state index contributed by atoms with van der Waals surface area (Å²) in [6.45, 7) is 9.09. The van der Waals surface area contributed by atoms with E-state index in [1.165, 1.54) is 38.5 Å². The van der Waals surface area contributed by atoms with Gasteiger partial charge in [0.1, 0.15) is 11.9 Å². The summed E-state index contributed by atoms with van der Waals surface area (Å²) in [5.41, 5.74) is 2.53. The highest BCUT2D eigenvalue weighted by Gasteiger charge is 2.25. The molecule has 6 rings (SSSR count). The lowest BCUT2D eigenvalue weighted by Gasteiger charge is -2.33. The summed E-state index contributed by atoms with van der Waals surface area (Å²) >= 11 is 0. The predicted molar refractivity (Wildman–Crippen MR) is 168 cm³/mol. The van der Waals surface area contributed by atoms with Gasteiger partial charge in [-0.25, -0.2) is 4.98 Å². The van der Waals surface area contributed by atoms with E-state index in [-0.39, 0.29) is 6.23 Å². The Morgan fingerprint density at radius 2 is 1.77 bits per heavy atom. The summed E-state index contributed by atoms with van der Waals surface area (Å²) < 4.78 is 10.1. The van der Waals surface area contributed by atoms with Crippen LogP contribution in [0.2, 0.25) is 0 Å². The Balaban J connectivity index is 1.00. The Kier molecular flexibility index (Phi) is 10.7. The molecule has 236 valence electrons. The molecule has 0 bridgehead atoms. The van der Waals surface area contributed by atoms with Gasteiger partial charge in [0, 0.05) is 45.4 Å². The van der Waals surface area contributed by atoms with E-state index in [4.69, 9.17) is 19.7 Å². The molecule has 1 aliphatic carbocycles. The first-order chi connectivity index (χ1) is 21.2.